The van der Waals surface area contributed by atoms with Gasteiger partial charge in [-0.1, -0.05) is 12.1 Å². The van der Waals surface area contributed by atoms with Gasteiger partial charge in [-0.05, 0) is 73.4 Å². The molecule has 226 valence electrons. The number of nitrogens with zero attached hydrogens (tertiary/aromatic N) is 3. The average molecular weight is 604 g/mol. The third-order valence-corrected chi connectivity index (χ3v) is 7.04. The molecule has 1 aromatic heterocycles. The zero-order chi connectivity index (χ0) is 31.1. The molecule has 5 rings (SSSR count). The molecular formula is C31H28F3N7O3. The van der Waals surface area contributed by atoms with Crippen molar-refractivity contribution in [1.29, 1.82) is 0 Å². The number of carbonyl (C=O) groups excluding carboxylic acids is 3. The molecule has 0 saturated carbocycles. The molecule has 4 N–H and O–H groups in total. The molecule has 3 aromatic carbocycles. The maximum absolute atomic E-state index is 14.9. The molecule has 1 saturated heterocycles. The topological polar surface area (TPSA) is 128 Å². The van der Waals surface area contributed by atoms with E-state index in [2.05, 4.69) is 31.3 Å². The minimum atomic E-state index is -0.772. The van der Waals surface area contributed by atoms with E-state index in [4.69, 9.17) is 0 Å². The highest BCUT2D eigenvalue weighted by Gasteiger charge is 2.22. The fourth-order valence-corrected chi connectivity index (χ4v) is 4.66. The van der Waals surface area contributed by atoms with Crippen molar-refractivity contribution >= 4 is 46.9 Å². The van der Waals surface area contributed by atoms with Crippen LogP contribution in [-0.2, 0) is 4.79 Å². The van der Waals surface area contributed by atoms with Crippen molar-refractivity contribution in [1.82, 2.24) is 20.4 Å². The molecule has 2 amide bonds. The lowest BCUT2D eigenvalue weighted by Gasteiger charge is -2.31. The molecule has 1 fully saturated rings. The van der Waals surface area contributed by atoms with E-state index in [0.717, 1.165) is 31.4 Å². The number of benzene rings is 3. The molecule has 4 aromatic rings. The number of carbonyl (C=O) groups is 3. The Kier molecular flexibility index (Phi) is 9.45. The summed E-state index contributed by atoms with van der Waals surface area (Å²) in [5, 5.41) is 9.92. The van der Waals surface area contributed by atoms with Crippen LogP contribution in [0.4, 0.5) is 42.0 Å². The highest BCUT2D eigenvalue weighted by atomic mass is 19.1. The Morgan fingerprint density at radius 3 is 2.20 bits per heavy atom. The highest BCUT2D eigenvalue weighted by molar-refractivity contribution is 6.04. The number of hydrazine groups is 1. The van der Waals surface area contributed by atoms with Crippen molar-refractivity contribution in [2.75, 3.05) is 29.0 Å². The normalized spacial score (nSPS) is 13.6. The SMILES string of the molecule is O=CCC1CCN(NC(=O)c2ccc(Nc3ncc(F)c(Nc4ccc(NC(=O)c5ccccc5F)cc4)n3)cc2F)CC1. The maximum Gasteiger partial charge on any atom is 0.268 e. The Morgan fingerprint density at radius 2 is 1.50 bits per heavy atom. The van der Waals surface area contributed by atoms with Crippen molar-refractivity contribution in [3.8, 4) is 0 Å². The number of aromatic nitrogens is 2. The quantitative estimate of drug-likeness (QED) is 0.173. The van der Waals surface area contributed by atoms with E-state index in [1.807, 2.05) is 0 Å². The number of piperidine rings is 1. The molecule has 0 aliphatic carbocycles. The number of rotatable bonds is 10. The fourth-order valence-electron chi connectivity index (χ4n) is 4.66. The molecule has 1 aliphatic heterocycles. The Morgan fingerprint density at radius 1 is 0.818 bits per heavy atom. The third kappa shape index (κ3) is 7.55. The molecule has 1 aliphatic rings. The van der Waals surface area contributed by atoms with Gasteiger partial charge in [0.1, 0.15) is 17.9 Å². The van der Waals surface area contributed by atoms with Gasteiger partial charge >= 0.3 is 0 Å². The molecule has 2 heterocycles. The molecule has 44 heavy (non-hydrogen) atoms. The van der Waals surface area contributed by atoms with Crippen LogP contribution in [0, 0.1) is 23.4 Å². The second kappa shape index (κ2) is 13.8. The predicted molar refractivity (Wildman–Crippen MR) is 158 cm³/mol. The third-order valence-electron chi connectivity index (χ3n) is 7.04. The molecule has 0 atom stereocenters. The van der Waals surface area contributed by atoms with Crippen LogP contribution in [0.2, 0.25) is 0 Å². The molecule has 10 nitrogen and oxygen atoms in total. The molecule has 0 spiro atoms. The van der Waals surface area contributed by atoms with E-state index in [0.29, 0.717) is 36.8 Å². The Balaban J connectivity index is 1.19. The van der Waals surface area contributed by atoms with Gasteiger partial charge in [0.05, 0.1) is 17.3 Å². The summed E-state index contributed by atoms with van der Waals surface area (Å²) in [7, 11) is 0. The van der Waals surface area contributed by atoms with Gasteiger partial charge in [-0.15, -0.1) is 0 Å². The first kappa shape index (κ1) is 30.2. The average Bonchev–Trinajstić information content (AvgIpc) is 3.01. The van der Waals surface area contributed by atoms with Crippen LogP contribution in [0.5, 0.6) is 0 Å². The van der Waals surface area contributed by atoms with E-state index in [1.54, 1.807) is 35.3 Å². The molecular weight excluding hydrogens is 575 g/mol. The van der Waals surface area contributed by atoms with Gasteiger partial charge in [-0.25, -0.2) is 23.2 Å². The first-order chi connectivity index (χ1) is 21.3. The van der Waals surface area contributed by atoms with Crippen molar-refractivity contribution in [3.05, 3.63) is 102 Å². The number of anilines is 5. The van der Waals surface area contributed by atoms with Gasteiger partial charge in [0.2, 0.25) is 5.95 Å². The van der Waals surface area contributed by atoms with Crippen LogP contribution >= 0.6 is 0 Å². The summed E-state index contributed by atoms with van der Waals surface area (Å²) in [6, 6.07) is 15.7. The number of nitrogens with one attached hydrogen (secondary N) is 4. The minimum absolute atomic E-state index is 0.0301. The van der Waals surface area contributed by atoms with Crippen LogP contribution in [-0.4, -0.2) is 46.2 Å². The van der Waals surface area contributed by atoms with Crippen molar-refractivity contribution in [2.24, 2.45) is 5.92 Å². The molecule has 0 radical (unpaired) electrons. The first-order valence-electron chi connectivity index (χ1n) is 13.8. The van der Waals surface area contributed by atoms with Gasteiger partial charge in [-0.2, -0.15) is 4.98 Å². The smallest absolute Gasteiger partial charge is 0.268 e. The summed E-state index contributed by atoms with van der Waals surface area (Å²) < 4.78 is 43.2. The molecule has 13 heteroatoms. The van der Waals surface area contributed by atoms with E-state index in [1.165, 1.54) is 30.3 Å². The van der Waals surface area contributed by atoms with E-state index in [-0.39, 0.29) is 28.6 Å². The van der Waals surface area contributed by atoms with Crippen molar-refractivity contribution < 1.29 is 27.6 Å². The van der Waals surface area contributed by atoms with Gasteiger partial charge in [-0.3, -0.25) is 15.0 Å². The van der Waals surface area contributed by atoms with Crippen LogP contribution < -0.4 is 21.4 Å². The van der Waals surface area contributed by atoms with E-state index in [9.17, 15) is 27.6 Å². The van der Waals surface area contributed by atoms with Gasteiger partial charge in [0.15, 0.2) is 11.6 Å². The van der Waals surface area contributed by atoms with Gasteiger partial charge < -0.3 is 20.7 Å². The summed E-state index contributed by atoms with van der Waals surface area (Å²) in [6.45, 7) is 1.14. The van der Waals surface area contributed by atoms with Crippen molar-refractivity contribution in [3.63, 3.8) is 0 Å². The van der Waals surface area contributed by atoms with E-state index >= 15 is 0 Å². The number of aldehydes is 1. The largest absolute Gasteiger partial charge is 0.338 e. The first-order valence-corrected chi connectivity index (χ1v) is 13.8. The summed E-state index contributed by atoms with van der Waals surface area (Å²) >= 11 is 0. The zero-order valence-electron chi connectivity index (χ0n) is 23.3. The Labute approximate surface area is 250 Å². The second-order valence-corrected chi connectivity index (χ2v) is 10.1. The number of hydrogen-bond donors (Lipinski definition) is 4. The van der Waals surface area contributed by atoms with Gasteiger partial charge in [0, 0.05) is 36.6 Å². The minimum Gasteiger partial charge on any atom is -0.338 e. The number of halogens is 3. The number of hydrogen-bond acceptors (Lipinski definition) is 8. The Bertz CT molecular complexity index is 1660. The lowest BCUT2D eigenvalue weighted by atomic mass is 9.95. The maximum atomic E-state index is 14.9. The lowest BCUT2D eigenvalue weighted by molar-refractivity contribution is -0.109. The van der Waals surface area contributed by atoms with Gasteiger partial charge in [0.25, 0.3) is 11.8 Å². The summed E-state index contributed by atoms with van der Waals surface area (Å²) in [4.78, 5) is 43.7. The summed E-state index contributed by atoms with van der Waals surface area (Å²) in [6.07, 6.45) is 3.86. The highest BCUT2D eigenvalue weighted by Crippen LogP contribution is 2.24. The Hall–Kier alpha value is -5.30. The van der Waals surface area contributed by atoms with Crippen LogP contribution in [0.15, 0.2) is 72.9 Å². The van der Waals surface area contributed by atoms with E-state index < -0.39 is 29.3 Å². The number of amides is 2. The standard InChI is InChI=1S/C31H28F3N7O3/c32-25-4-2-1-3-23(25)29(43)37-21-7-5-20(6-8-21)36-28-27(34)18-35-31(39-28)38-22-9-10-24(26(33)17-22)30(44)40-41-14-11-19(12-15-41)13-16-42/h1-10,16-19H,11-15H2,(H,37,43)(H,40,44)(H2,35,36,38,39). The molecule has 0 bridgehead atoms. The van der Waals surface area contributed by atoms with Crippen LogP contribution in [0.3, 0.4) is 0 Å². The van der Waals surface area contributed by atoms with Crippen molar-refractivity contribution in [2.45, 2.75) is 19.3 Å². The summed E-state index contributed by atoms with van der Waals surface area (Å²) in [5.74, 6) is -3.28. The fraction of sp³-hybridized carbons (Fsp3) is 0.194. The summed E-state index contributed by atoms with van der Waals surface area (Å²) in [5.41, 5.74) is 3.52. The van der Waals surface area contributed by atoms with Crippen LogP contribution in [0.25, 0.3) is 0 Å². The monoisotopic (exact) mass is 603 g/mol. The zero-order valence-corrected chi connectivity index (χ0v) is 23.3. The lowest BCUT2D eigenvalue weighted by Crippen LogP contribution is -2.46. The second-order valence-electron chi connectivity index (χ2n) is 10.1. The predicted octanol–water partition coefficient (Wildman–Crippen LogP) is 5.58. The molecule has 0 unspecified atom stereocenters. The van der Waals surface area contributed by atoms with Crippen LogP contribution in [0.1, 0.15) is 40.0 Å².